The second-order valence-electron chi connectivity index (χ2n) is 10.3. The average Bonchev–Trinajstić information content (AvgIpc) is 3.31. The maximum absolute atomic E-state index is 13.8. The minimum Gasteiger partial charge on any atom is -0.379 e. The van der Waals surface area contributed by atoms with Gasteiger partial charge in [0.1, 0.15) is 12.7 Å². The molecule has 7 heteroatoms. The molecule has 5 fully saturated rings. The molecular formula is C24H31N5O2. The number of nitrogens with zero attached hydrogens (tertiary/aromatic N) is 4. The molecule has 31 heavy (non-hydrogen) atoms. The number of aromatic nitrogens is 3. The first-order chi connectivity index (χ1) is 15.1. The van der Waals surface area contributed by atoms with Crippen molar-refractivity contribution in [3.05, 3.63) is 42.5 Å². The first kappa shape index (κ1) is 19.4. The number of carbonyl (C=O) groups excluding carboxylic acids is 1. The first-order valence-corrected chi connectivity index (χ1v) is 11.7. The molecule has 2 unspecified atom stereocenters. The van der Waals surface area contributed by atoms with Crippen molar-refractivity contribution in [1.29, 1.82) is 0 Å². The van der Waals surface area contributed by atoms with Crippen molar-refractivity contribution in [3.63, 3.8) is 0 Å². The number of amides is 1. The third-order valence-corrected chi connectivity index (χ3v) is 8.18. The van der Waals surface area contributed by atoms with Gasteiger partial charge in [-0.2, -0.15) is 5.10 Å². The number of hydrogen-bond donors (Lipinski definition) is 1. The third kappa shape index (κ3) is 3.38. The van der Waals surface area contributed by atoms with E-state index in [-0.39, 0.29) is 16.9 Å². The van der Waals surface area contributed by atoms with E-state index in [1.807, 2.05) is 12.4 Å². The first-order valence-electron chi connectivity index (χ1n) is 11.7. The number of morpholine rings is 1. The molecule has 1 aliphatic heterocycles. The van der Waals surface area contributed by atoms with Crippen LogP contribution in [0.25, 0.3) is 0 Å². The predicted molar refractivity (Wildman–Crippen MR) is 116 cm³/mol. The summed E-state index contributed by atoms with van der Waals surface area (Å²) in [7, 11) is 0. The van der Waals surface area contributed by atoms with Gasteiger partial charge in [-0.15, -0.1) is 0 Å². The van der Waals surface area contributed by atoms with E-state index in [0.717, 1.165) is 70.6 Å². The van der Waals surface area contributed by atoms with Crippen molar-refractivity contribution in [2.24, 2.45) is 17.3 Å². The molecule has 2 atom stereocenters. The van der Waals surface area contributed by atoms with Crippen LogP contribution in [0.3, 0.4) is 0 Å². The molecule has 1 saturated heterocycles. The normalized spacial score (nSPS) is 34.7. The second kappa shape index (κ2) is 7.41. The van der Waals surface area contributed by atoms with Gasteiger partial charge in [0.15, 0.2) is 0 Å². The second-order valence-corrected chi connectivity index (χ2v) is 10.3. The summed E-state index contributed by atoms with van der Waals surface area (Å²) in [5, 5.41) is 7.90. The Morgan fingerprint density at radius 2 is 1.90 bits per heavy atom. The number of nitrogens with one attached hydrogen (secondary N) is 1. The number of anilines is 1. The summed E-state index contributed by atoms with van der Waals surface area (Å²) < 4.78 is 7.56. The van der Waals surface area contributed by atoms with Crippen LogP contribution in [0.15, 0.2) is 36.9 Å². The topological polar surface area (TPSA) is 72.3 Å². The van der Waals surface area contributed by atoms with Crippen molar-refractivity contribution >= 4 is 11.6 Å². The Hall–Kier alpha value is -2.25. The summed E-state index contributed by atoms with van der Waals surface area (Å²) in [6, 6.07) is 8.29. The van der Waals surface area contributed by atoms with Crippen molar-refractivity contribution < 1.29 is 9.53 Å². The van der Waals surface area contributed by atoms with E-state index >= 15 is 0 Å². The van der Waals surface area contributed by atoms with Gasteiger partial charge in [0, 0.05) is 25.3 Å². The Morgan fingerprint density at radius 1 is 1.13 bits per heavy atom. The molecule has 1 amide bonds. The van der Waals surface area contributed by atoms with E-state index in [0.29, 0.717) is 11.8 Å². The fourth-order valence-corrected chi connectivity index (χ4v) is 7.24. The van der Waals surface area contributed by atoms with E-state index in [1.165, 1.54) is 12.0 Å². The van der Waals surface area contributed by atoms with Crippen molar-refractivity contribution in [2.45, 2.75) is 50.6 Å². The molecule has 4 saturated carbocycles. The highest BCUT2D eigenvalue weighted by Crippen LogP contribution is 2.64. The number of hydrogen-bond acceptors (Lipinski definition) is 5. The van der Waals surface area contributed by atoms with Gasteiger partial charge in [-0.3, -0.25) is 9.69 Å². The Labute approximate surface area is 183 Å². The van der Waals surface area contributed by atoms with Crippen molar-refractivity contribution in [1.82, 2.24) is 19.7 Å². The van der Waals surface area contributed by atoms with Crippen LogP contribution < -0.4 is 5.32 Å². The van der Waals surface area contributed by atoms with E-state index in [4.69, 9.17) is 4.74 Å². The van der Waals surface area contributed by atoms with E-state index in [2.05, 4.69) is 43.2 Å². The SMILES string of the molecule is O=C(Nc1ccccc1CN1CCOCC1)C12CC3CC(C1)CC(n1cncn1)(C3)C2. The Kier molecular flexibility index (Phi) is 4.65. The quantitative estimate of drug-likeness (QED) is 0.803. The van der Waals surface area contributed by atoms with Crippen LogP contribution in [0.2, 0.25) is 0 Å². The summed E-state index contributed by atoms with van der Waals surface area (Å²) in [5.41, 5.74) is 1.82. The zero-order valence-electron chi connectivity index (χ0n) is 18.0. The maximum Gasteiger partial charge on any atom is 0.230 e. The molecule has 4 bridgehead atoms. The fraction of sp³-hybridized carbons (Fsp3) is 0.625. The zero-order chi connectivity index (χ0) is 20.9. The molecule has 7 nitrogen and oxygen atoms in total. The zero-order valence-corrected chi connectivity index (χ0v) is 18.0. The van der Waals surface area contributed by atoms with Gasteiger partial charge in [-0.25, -0.2) is 9.67 Å². The molecule has 0 radical (unpaired) electrons. The third-order valence-electron chi connectivity index (χ3n) is 8.18. The van der Waals surface area contributed by atoms with E-state index < -0.39 is 0 Å². The van der Waals surface area contributed by atoms with Gasteiger partial charge in [0.2, 0.25) is 5.91 Å². The summed E-state index contributed by atoms with van der Waals surface area (Å²) in [4.78, 5) is 20.5. The number of benzene rings is 1. The van der Waals surface area contributed by atoms with Gasteiger partial charge in [-0.1, -0.05) is 18.2 Å². The molecule has 4 aliphatic carbocycles. The molecule has 1 aromatic carbocycles. The molecular weight excluding hydrogens is 390 g/mol. The van der Waals surface area contributed by atoms with Gasteiger partial charge >= 0.3 is 0 Å². The molecule has 2 aromatic rings. The number of rotatable bonds is 5. The monoisotopic (exact) mass is 421 g/mol. The summed E-state index contributed by atoms with van der Waals surface area (Å²) in [6.07, 6.45) is 9.93. The summed E-state index contributed by atoms with van der Waals surface area (Å²) in [5.74, 6) is 1.43. The molecule has 5 aliphatic rings. The van der Waals surface area contributed by atoms with Crippen LogP contribution in [0.5, 0.6) is 0 Å². The molecule has 7 rings (SSSR count). The van der Waals surface area contributed by atoms with Crippen molar-refractivity contribution in [3.8, 4) is 0 Å². The molecule has 164 valence electrons. The molecule has 1 aromatic heterocycles. The largest absolute Gasteiger partial charge is 0.379 e. The summed E-state index contributed by atoms with van der Waals surface area (Å²) >= 11 is 0. The van der Waals surface area contributed by atoms with Gasteiger partial charge in [0.25, 0.3) is 0 Å². The molecule has 2 heterocycles. The fourth-order valence-electron chi connectivity index (χ4n) is 7.24. The Morgan fingerprint density at radius 3 is 2.65 bits per heavy atom. The molecule has 1 N–H and O–H groups in total. The molecule has 0 spiro atoms. The van der Waals surface area contributed by atoms with Gasteiger partial charge in [-0.05, 0) is 62.0 Å². The van der Waals surface area contributed by atoms with E-state index in [9.17, 15) is 4.79 Å². The van der Waals surface area contributed by atoms with Crippen LogP contribution in [0, 0.1) is 17.3 Å². The van der Waals surface area contributed by atoms with Crippen molar-refractivity contribution in [2.75, 3.05) is 31.6 Å². The van der Waals surface area contributed by atoms with Crippen LogP contribution in [0.1, 0.15) is 44.1 Å². The lowest BCUT2D eigenvalue weighted by molar-refractivity contribution is -0.150. The van der Waals surface area contributed by atoms with Crippen LogP contribution in [0.4, 0.5) is 5.69 Å². The smallest absolute Gasteiger partial charge is 0.230 e. The highest BCUT2D eigenvalue weighted by atomic mass is 16.5. The highest BCUT2D eigenvalue weighted by molar-refractivity contribution is 5.96. The standard InChI is InChI=1S/C24H31N5O2/c30-22(27-21-4-2-1-3-20(21)14-28-5-7-31-8-6-28)23-10-18-9-19(11-23)13-24(12-18,15-23)29-17-25-16-26-29/h1-4,16-19H,5-15H2,(H,27,30). The number of ether oxygens (including phenoxy) is 1. The van der Waals surface area contributed by atoms with Crippen LogP contribution in [-0.2, 0) is 21.6 Å². The van der Waals surface area contributed by atoms with Crippen LogP contribution >= 0.6 is 0 Å². The Bertz CT molecular complexity index is 939. The lowest BCUT2D eigenvalue weighted by Crippen LogP contribution is -2.60. The van der Waals surface area contributed by atoms with Gasteiger partial charge < -0.3 is 10.1 Å². The van der Waals surface area contributed by atoms with E-state index in [1.54, 1.807) is 6.33 Å². The minimum atomic E-state index is -0.290. The number of para-hydroxylation sites is 1. The Balaban J connectivity index is 1.25. The number of carbonyl (C=O) groups is 1. The average molecular weight is 422 g/mol. The van der Waals surface area contributed by atoms with Crippen LogP contribution in [-0.4, -0.2) is 51.9 Å². The lowest BCUT2D eigenvalue weighted by atomic mass is 9.46. The summed E-state index contributed by atoms with van der Waals surface area (Å²) in [6.45, 7) is 4.29. The minimum absolute atomic E-state index is 0.0365. The maximum atomic E-state index is 13.8. The highest BCUT2D eigenvalue weighted by Gasteiger charge is 2.61. The lowest BCUT2D eigenvalue weighted by Gasteiger charge is -2.60. The van der Waals surface area contributed by atoms with Gasteiger partial charge in [0.05, 0.1) is 24.2 Å². The predicted octanol–water partition coefficient (Wildman–Crippen LogP) is 3.04.